The molecule has 0 fully saturated rings. The number of nitrogens with zero attached hydrogens (tertiary/aromatic N) is 3. The third kappa shape index (κ3) is 1.91. The largest absolute Gasteiger partial charge is 0.384 e. The summed E-state index contributed by atoms with van der Waals surface area (Å²) in [5.41, 5.74) is 8.79. The van der Waals surface area contributed by atoms with Crippen LogP contribution < -0.4 is 5.73 Å². The van der Waals surface area contributed by atoms with Gasteiger partial charge in [-0.25, -0.2) is 4.98 Å². The van der Waals surface area contributed by atoms with E-state index in [0.717, 1.165) is 29.9 Å². The molecule has 0 bridgehead atoms. The first-order valence-corrected chi connectivity index (χ1v) is 5.47. The monoisotopic (exact) mass is 216 g/mol. The van der Waals surface area contributed by atoms with Crippen molar-refractivity contribution in [2.45, 2.75) is 26.8 Å². The summed E-state index contributed by atoms with van der Waals surface area (Å²) in [6.07, 6.45) is 2.89. The van der Waals surface area contributed by atoms with Crippen LogP contribution in [-0.4, -0.2) is 14.8 Å². The van der Waals surface area contributed by atoms with Gasteiger partial charge < -0.3 is 5.73 Å². The van der Waals surface area contributed by atoms with Crippen LogP contribution in [0.15, 0.2) is 24.4 Å². The van der Waals surface area contributed by atoms with E-state index in [2.05, 4.69) is 17.0 Å². The van der Waals surface area contributed by atoms with Crippen LogP contribution in [-0.2, 0) is 6.54 Å². The molecule has 0 spiro atoms. The molecule has 0 aliphatic heterocycles. The molecule has 2 N–H and O–H groups in total. The molecule has 0 aliphatic rings. The lowest BCUT2D eigenvalue weighted by Gasteiger charge is -2.08. The van der Waals surface area contributed by atoms with Gasteiger partial charge in [-0.1, -0.05) is 6.92 Å². The summed E-state index contributed by atoms with van der Waals surface area (Å²) >= 11 is 0. The predicted octanol–water partition coefficient (Wildman–Crippen LogP) is 2.25. The second-order valence-electron chi connectivity index (χ2n) is 3.81. The van der Waals surface area contributed by atoms with E-state index in [1.165, 1.54) is 0 Å². The normalized spacial score (nSPS) is 10.6. The summed E-state index contributed by atoms with van der Waals surface area (Å²) in [6.45, 7) is 5.03. The second-order valence-corrected chi connectivity index (χ2v) is 3.81. The van der Waals surface area contributed by atoms with Crippen molar-refractivity contribution in [3.05, 3.63) is 30.1 Å². The molecule has 84 valence electrons. The SMILES string of the molecule is CCCn1nccc1-c1ccc(N)nc1C. The Bertz CT molecular complexity index is 488. The summed E-state index contributed by atoms with van der Waals surface area (Å²) in [5.74, 6) is 0.558. The van der Waals surface area contributed by atoms with Gasteiger partial charge in [0.1, 0.15) is 5.82 Å². The van der Waals surface area contributed by atoms with Crippen LogP contribution in [0.25, 0.3) is 11.3 Å². The minimum absolute atomic E-state index is 0.558. The van der Waals surface area contributed by atoms with Gasteiger partial charge in [0.15, 0.2) is 0 Å². The molecule has 0 unspecified atom stereocenters. The van der Waals surface area contributed by atoms with Crippen LogP contribution in [0.1, 0.15) is 19.0 Å². The molecule has 4 heteroatoms. The molecule has 0 aromatic carbocycles. The molecule has 0 aliphatic carbocycles. The van der Waals surface area contributed by atoms with Crippen molar-refractivity contribution in [1.82, 2.24) is 14.8 Å². The molecule has 2 aromatic rings. The van der Waals surface area contributed by atoms with Crippen LogP contribution in [0.5, 0.6) is 0 Å². The zero-order valence-corrected chi connectivity index (χ0v) is 9.64. The topological polar surface area (TPSA) is 56.7 Å². The quantitative estimate of drug-likeness (QED) is 0.856. The molecule has 2 aromatic heterocycles. The Morgan fingerprint density at radius 3 is 2.81 bits per heavy atom. The summed E-state index contributed by atoms with van der Waals surface area (Å²) in [5, 5.41) is 4.30. The van der Waals surface area contributed by atoms with E-state index in [9.17, 15) is 0 Å². The molecule has 2 rings (SSSR count). The summed E-state index contributed by atoms with van der Waals surface area (Å²) in [7, 11) is 0. The van der Waals surface area contributed by atoms with Crippen LogP contribution in [0.2, 0.25) is 0 Å². The Kier molecular flexibility index (Phi) is 2.90. The van der Waals surface area contributed by atoms with Crippen molar-refractivity contribution in [1.29, 1.82) is 0 Å². The summed E-state index contributed by atoms with van der Waals surface area (Å²) < 4.78 is 2.00. The van der Waals surface area contributed by atoms with E-state index < -0.39 is 0 Å². The smallest absolute Gasteiger partial charge is 0.123 e. The molecule has 0 saturated carbocycles. The second kappa shape index (κ2) is 4.35. The molecule has 2 heterocycles. The van der Waals surface area contributed by atoms with Gasteiger partial charge in [-0.05, 0) is 31.5 Å². The van der Waals surface area contributed by atoms with E-state index in [0.29, 0.717) is 5.82 Å². The first-order valence-electron chi connectivity index (χ1n) is 5.47. The number of hydrogen-bond acceptors (Lipinski definition) is 3. The molecule has 16 heavy (non-hydrogen) atoms. The molecule has 4 nitrogen and oxygen atoms in total. The number of pyridine rings is 1. The number of aromatic nitrogens is 3. The van der Waals surface area contributed by atoms with Gasteiger partial charge in [-0.2, -0.15) is 5.10 Å². The predicted molar refractivity (Wildman–Crippen MR) is 64.9 cm³/mol. The standard InChI is InChI=1S/C12H16N4/c1-3-8-16-11(6-7-14-16)10-4-5-12(13)15-9(10)2/h4-7H,3,8H2,1-2H3,(H2,13,15). The Balaban J connectivity index is 2.46. The van der Waals surface area contributed by atoms with Gasteiger partial charge in [0.25, 0.3) is 0 Å². The fourth-order valence-corrected chi connectivity index (χ4v) is 1.80. The third-order valence-corrected chi connectivity index (χ3v) is 2.54. The number of nitrogens with two attached hydrogens (primary N) is 1. The van der Waals surface area contributed by atoms with Gasteiger partial charge in [-0.3, -0.25) is 4.68 Å². The maximum absolute atomic E-state index is 5.64. The van der Waals surface area contributed by atoms with Crippen molar-refractivity contribution in [2.24, 2.45) is 0 Å². The van der Waals surface area contributed by atoms with E-state index >= 15 is 0 Å². The average molecular weight is 216 g/mol. The maximum atomic E-state index is 5.64. The first-order chi connectivity index (χ1) is 7.72. The Hall–Kier alpha value is -1.84. The Morgan fingerprint density at radius 2 is 2.12 bits per heavy atom. The Labute approximate surface area is 95.1 Å². The number of anilines is 1. The lowest BCUT2D eigenvalue weighted by Crippen LogP contribution is -2.03. The van der Waals surface area contributed by atoms with Crippen molar-refractivity contribution < 1.29 is 0 Å². The minimum atomic E-state index is 0.558. The number of aryl methyl sites for hydroxylation is 2. The van der Waals surface area contributed by atoms with Gasteiger partial charge >= 0.3 is 0 Å². The van der Waals surface area contributed by atoms with Crippen molar-refractivity contribution in [3.8, 4) is 11.3 Å². The molecule has 0 atom stereocenters. The zero-order valence-electron chi connectivity index (χ0n) is 9.64. The lowest BCUT2D eigenvalue weighted by atomic mass is 10.1. The average Bonchev–Trinajstić information content (AvgIpc) is 2.67. The third-order valence-electron chi connectivity index (χ3n) is 2.54. The van der Waals surface area contributed by atoms with Crippen LogP contribution in [0, 0.1) is 6.92 Å². The number of rotatable bonds is 3. The summed E-state index contributed by atoms with van der Waals surface area (Å²) in [6, 6.07) is 5.84. The Morgan fingerprint density at radius 1 is 1.31 bits per heavy atom. The maximum Gasteiger partial charge on any atom is 0.123 e. The molecular weight excluding hydrogens is 200 g/mol. The fraction of sp³-hybridized carbons (Fsp3) is 0.333. The van der Waals surface area contributed by atoms with Crippen LogP contribution in [0.4, 0.5) is 5.82 Å². The minimum Gasteiger partial charge on any atom is -0.384 e. The van der Waals surface area contributed by atoms with Crippen molar-refractivity contribution >= 4 is 5.82 Å². The molecule has 0 radical (unpaired) electrons. The number of hydrogen-bond donors (Lipinski definition) is 1. The van der Waals surface area contributed by atoms with Crippen molar-refractivity contribution in [2.75, 3.05) is 5.73 Å². The van der Waals surface area contributed by atoms with Gasteiger partial charge in [0, 0.05) is 24.0 Å². The van der Waals surface area contributed by atoms with Crippen LogP contribution in [0.3, 0.4) is 0 Å². The van der Waals surface area contributed by atoms with Gasteiger partial charge in [0.2, 0.25) is 0 Å². The highest BCUT2D eigenvalue weighted by atomic mass is 15.3. The van der Waals surface area contributed by atoms with Crippen molar-refractivity contribution in [3.63, 3.8) is 0 Å². The van der Waals surface area contributed by atoms with Gasteiger partial charge in [-0.15, -0.1) is 0 Å². The lowest BCUT2D eigenvalue weighted by molar-refractivity contribution is 0.608. The molecule has 0 amide bonds. The molecular formula is C12H16N4. The van der Waals surface area contributed by atoms with E-state index in [1.807, 2.05) is 36.0 Å². The fourth-order valence-electron chi connectivity index (χ4n) is 1.80. The van der Waals surface area contributed by atoms with E-state index in [1.54, 1.807) is 0 Å². The highest BCUT2D eigenvalue weighted by molar-refractivity contribution is 5.63. The highest BCUT2D eigenvalue weighted by Gasteiger charge is 2.08. The van der Waals surface area contributed by atoms with Crippen LogP contribution >= 0.6 is 0 Å². The number of nitrogen functional groups attached to an aromatic ring is 1. The first kappa shape index (κ1) is 10.7. The zero-order chi connectivity index (χ0) is 11.5. The summed E-state index contributed by atoms with van der Waals surface area (Å²) in [4.78, 5) is 4.27. The molecule has 0 saturated heterocycles. The highest BCUT2D eigenvalue weighted by Crippen LogP contribution is 2.22. The van der Waals surface area contributed by atoms with Gasteiger partial charge in [0.05, 0.1) is 5.69 Å². The van der Waals surface area contributed by atoms with E-state index in [-0.39, 0.29) is 0 Å². The van der Waals surface area contributed by atoms with E-state index in [4.69, 9.17) is 5.73 Å².